The van der Waals surface area contributed by atoms with Crippen LogP contribution in [0, 0.1) is 5.92 Å². The van der Waals surface area contributed by atoms with Crippen molar-refractivity contribution in [3.63, 3.8) is 0 Å². The third-order valence-electron chi connectivity index (χ3n) is 6.96. The molecule has 5 nitrogen and oxygen atoms in total. The highest BCUT2D eigenvalue weighted by molar-refractivity contribution is 5.79. The molecule has 1 spiro atoms. The van der Waals surface area contributed by atoms with Crippen molar-refractivity contribution >= 4 is 5.91 Å². The number of carbonyl (C=O) groups is 1. The molecule has 0 N–H and O–H groups in total. The summed E-state index contributed by atoms with van der Waals surface area (Å²) >= 11 is 0. The van der Waals surface area contributed by atoms with Gasteiger partial charge < -0.3 is 14.5 Å². The first-order chi connectivity index (χ1) is 11.7. The largest absolute Gasteiger partial charge is 0.375 e. The zero-order chi connectivity index (χ0) is 16.6. The lowest BCUT2D eigenvalue weighted by Gasteiger charge is -2.50. The zero-order valence-corrected chi connectivity index (χ0v) is 15.2. The van der Waals surface area contributed by atoms with E-state index in [0.717, 1.165) is 45.4 Å². The fourth-order valence-corrected chi connectivity index (χ4v) is 4.90. The Kier molecular flexibility index (Phi) is 4.85. The Morgan fingerprint density at radius 2 is 1.71 bits per heavy atom. The summed E-state index contributed by atoms with van der Waals surface area (Å²) < 4.78 is 6.30. The van der Waals surface area contributed by atoms with E-state index in [-0.39, 0.29) is 5.60 Å². The average Bonchev–Trinajstić information content (AvgIpc) is 2.55. The van der Waals surface area contributed by atoms with Gasteiger partial charge >= 0.3 is 0 Å². The van der Waals surface area contributed by atoms with Crippen LogP contribution >= 0.6 is 0 Å². The number of piperazine rings is 1. The van der Waals surface area contributed by atoms with Gasteiger partial charge in [0.05, 0.1) is 5.60 Å². The van der Waals surface area contributed by atoms with Crippen LogP contribution < -0.4 is 0 Å². The van der Waals surface area contributed by atoms with Crippen molar-refractivity contribution in [1.29, 1.82) is 0 Å². The molecule has 1 unspecified atom stereocenters. The molecular formula is C19H33N3O2. The molecule has 1 aliphatic carbocycles. The summed E-state index contributed by atoms with van der Waals surface area (Å²) in [6.07, 6.45) is 7.89. The molecule has 24 heavy (non-hydrogen) atoms. The van der Waals surface area contributed by atoms with Gasteiger partial charge in [0.25, 0.3) is 0 Å². The maximum absolute atomic E-state index is 12.5. The number of ether oxygens (including phenoxy) is 1. The molecule has 4 fully saturated rings. The van der Waals surface area contributed by atoms with E-state index in [9.17, 15) is 4.79 Å². The molecule has 1 saturated carbocycles. The molecule has 1 amide bonds. The summed E-state index contributed by atoms with van der Waals surface area (Å²) in [7, 11) is 2.22. The maximum atomic E-state index is 12.5. The van der Waals surface area contributed by atoms with Crippen LogP contribution in [0.4, 0.5) is 0 Å². The van der Waals surface area contributed by atoms with E-state index in [1.54, 1.807) is 0 Å². The van der Waals surface area contributed by atoms with Crippen molar-refractivity contribution < 1.29 is 9.53 Å². The van der Waals surface area contributed by atoms with Gasteiger partial charge in [-0.05, 0) is 45.6 Å². The Hall–Kier alpha value is -0.650. The predicted molar refractivity (Wildman–Crippen MR) is 93.9 cm³/mol. The standard InChI is InChI=1S/C19H33N3O2/c1-20-10-12-21(13-11-20)17-5-14-24-19(15-17)6-8-22(9-7-19)18(23)16-3-2-4-16/h16-17H,2-15H2,1H3. The van der Waals surface area contributed by atoms with Crippen molar-refractivity contribution in [3.8, 4) is 0 Å². The first-order valence-corrected chi connectivity index (χ1v) is 10.0. The Morgan fingerprint density at radius 1 is 1.00 bits per heavy atom. The summed E-state index contributed by atoms with van der Waals surface area (Å²) in [4.78, 5) is 19.7. The SMILES string of the molecule is CN1CCN(C2CCOC3(CCN(C(=O)C4CCC4)CC3)C2)CC1. The van der Waals surface area contributed by atoms with E-state index in [2.05, 4.69) is 21.7 Å². The zero-order valence-electron chi connectivity index (χ0n) is 15.2. The molecule has 0 radical (unpaired) electrons. The molecule has 0 aromatic carbocycles. The molecule has 3 heterocycles. The minimum absolute atomic E-state index is 0.0443. The smallest absolute Gasteiger partial charge is 0.225 e. The van der Waals surface area contributed by atoms with Crippen molar-refractivity contribution in [3.05, 3.63) is 0 Å². The number of amides is 1. The molecule has 136 valence electrons. The van der Waals surface area contributed by atoms with E-state index >= 15 is 0 Å². The molecular weight excluding hydrogens is 302 g/mol. The van der Waals surface area contributed by atoms with Crippen LogP contribution in [0.2, 0.25) is 0 Å². The summed E-state index contributed by atoms with van der Waals surface area (Å²) in [5, 5.41) is 0. The Balaban J connectivity index is 1.31. The second-order valence-electron chi connectivity index (χ2n) is 8.47. The lowest BCUT2D eigenvalue weighted by molar-refractivity contribution is -0.154. The van der Waals surface area contributed by atoms with E-state index in [4.69, 9.17) is 4.74 Å². The second kappa shape index (κ2) is 6.93. The van der Waals surface area contributed by atoms with Crippen LogP contribution in [-0.2, 0) is 9.53 Å². The number of rotatable bonds is 2. The Labute approximate surface area is 146 Å². The summed E-state index contributed by atoms with van der Waals surface area (Å²) in [5.41, 5.74) is 0.0443. The van der Waals surface area contributed by atoms with Crippen molar-refractivity contribution in [1.82, 2.24) is 14.7 Å². The van der Waals surface area contributed by atoms with Crippen LogP contribution in [-0.4, -0.2) is 85.2 Å². The second-order valence-corrected chi connectivity index (χ2v) is 8.47. The monoisotopic (exact) mass is 335 g/mol. The van der Waals surface area contributed by atoms with Gasteiger partial charge in [0, 0.05) is 57.8 Å². The first-order valence-electron chi connectivity index (χ1n) is 10.0. The maximum Gasteiger partial charge on any atom is 0.225 e. The highest BCUT2D eigenvalue weighted by Gasteiger charge is 2.43. The summed E-state index contributed by atoms with van der Waals surface area (Å²) in [5.74, 6) is 0.756. The van der Waals surface area contributed by atoms with Crippen LogP contribution in [0.5, 0.6) is 0 Å². The van der Waals surface area contributed by atoms with Gasteiger partial charge in [0.15, 0.2) is 0 Å². The predicted octanol–water partition coefficient (Wildman–Crippen LogP) is 1.57. The van der Waals surface area contributed by atoms with Crippen LogP contribution in [0.15, 0.2) is 0 Å². The molecule has 0 aromatic rings. The van der Waals surface area contributed by atoms with Gasteiger partial charge in [-0.3, -0.25) is 9.69 Å². The Morgan fingerprint density at radius 3 is 2.33 bits per heavy atom. The van der Waals surface area contributed by atoms with E-state index in [1.165, 1.54) is 45.4 Å². The summed E-state index contributed by atoms with van der Waals surface area (Å²) in [6, 6.07) is 0.682. The van der Waals surface area contributed by atoms with E-state index < -0.39 is 0 Å². The number of likely N-dealkylation sites (N-methyl/N-ethyl adjacent to an activating group) is 1. The number of hydrogen-bond acceptors (Lipinski definition) is 4. The van der Waals surface area contributed by atoms with Crippen molar-refractivity contribution in [2.45, 2.75) is 56.6 Å². The molecule has 4 aliphatic rings. The van der Waals surface area contributed by atoms with Crippen molar-refractivity contribution in [2.24, 2.45) is 5.92 Å². The Bertz CT molecular complexity index is 450. The van der Waals surface area contributed by atoms with Gasteiger partial charge in [0.1, 0.15) is 0 Å². The topological polar surface area (TPSA) is 36.0 Å². The molecule has 0 bridgehead atoms. The number of likely N-dealkylation sites (tertiary alicyclic amines) is 1. The molecule has 0 aromatic heterocycles. The normalized spacial score (nSPS) is 32.7. The molecule has 1 atom stereocenters. The fourth-order valence-electron chi connectivity index (χ4n) is 4.90. The van der Waals surface area contributed by atoms with Crippen molar-refractivity contribution in [2.75, 3.05) is 52.9 Å². The third kappa shape index (κ3) is 3.35. The van der Waals surface area contributed by atoms with Gasteiger partial charge in [-0.15, -0.1) is 0 Å². The lowest BCUT2D eigenvalue weighted by atomic mass is 9.80. The van der Waals surface area contributed by atoms with Crippen LogP contribution in [0.1, 0.15) is 44.9 Å². The molecule has 3 aliphatic heterocycles. The third-order valence-corrected chi connectivity index (χ3v) is 6.96. The lowest BCUT2D eigenvalue weighted by Crippen LogP contribution is -2.57. The number of carbonyl (C=O) groups excluding carboxylic acids is 1. The summed E-state index contributed by atoms with van der Waals surface area (Å²) in [6.45, 7) is 7.48. The van der Waals surface area contributed by atoms with Crippen LogP contribution in [0.25, 0.3) is 0 Å². The minimum Gasteiger partial charge on any atom is -0.375 e. The average molecular weight is 335 g/mol. The number of piperidine rings is 1. The highest BCUT2D eigenvalue weighted by Crippen LogP contribution is 2.38. The molecule has 4 rings (SSSR count). The minimum atomic E-state index is 0.0443. The van der Waals surface area contributed by atoms with E-state index in [0.29, 0.717) is 17.9 Å². The van der Waals surface area contributed by atoms with Gasteiger partial charge in [0.2, 0.25) is 5.91 Å². The van der Waals surface area contributed by atoms with Crippen LogP contribution in [0.3, 0.4) is 0 Å². The van der Waals surface area contributed by atoms with Gasteiger partial charge in [-0.2, -0.15) is 0 Å². The van der Waals surface area contributed by atoms with Gasteiger partial charge in [-0.1, -0.05) is 6.42 Å². The van der Waals surface area contributed by atoms with Gasteiger partial charge in [-0.25, -0.2) is 0 Å². The highest BCUT2D eigenvalue weighted by atomic mass is 16.5. The van der Waals surface area contributed by atoms with E-state index in [1.807, 2.05) is 0 Å². The number of nitrogens with zero attached hydrogens (tertiary/aromatic N) is 3. The first kappa shape index (κ1) is 16.8. The molecule has 5 heteroatoms. The fraction of sp³-hybridized carbons (Fsp3) is 0.947. The molecule has 3 saturated heterocycles. The quantitative estimate of drug-likeness (QED) is 0.768. The number of hydrogen-bond donors (Lipinski definition) is 0.